The van der Waals surface area contributed by atoms with Crippen molar-refractivity contribution in [3.8, 4) is 0 Å². The van der Waals surface area contributed by atoms with Crippen LogP contribution in [0.15, 0.2) is 11.6 Å². The van der Waals surface area contributed by atoms with Crippen LogP contribution in [0.3, 0.4) is 0 Å². The van der Waals surface area contributed by atoms with E-state index in [9.17, 15) is 0 Å². The van der Waals surface area contributed by atoms with E-state index in [4.69, 9.17) is 0 Å². The minimum atomic E-state index is 1.12. The molecule has 0 fully saturated rings. The van der Waals surface area contributed by atoms with Crippen LogP contribution >= 0.6 is 11.3 Å². The first-order valence-corrected chi connectivity index (χ1v) is 4.02. The first kappa shape index (κ1) is 5.92. The Morgan fingerprint density at radius 3 is 3.10 bits per heavy atom. The Hall–Kier alpha value is -0.830. The van der Waals surface area contributed by atoms with E-state index >= 15 is 0 Å². The van der Waals surface area contributed by atoms with Gasteiger partial charge in [0.1, 0.15) is 4.83 Å². The molecule has 2 heterocycles. The van der Waals surface area contributed by atoms with Crippen molar-refractivity contribution in [2.45, 2.75) is 6.92 Å². The van der Waals surface area contributed by atoms with Crippen molar-refractivity contribution in [3.63, 3.8) is 0 Å². The Morgan fingerprint density at radius 2 is 2.40 bits per heavy atom. The number of rotatable bonds is 0. The molecule has 0 spiro atoms. The number of thiazole rings is 1. The second kappa shape index (κ2) is 1.83. The molecule has 0 aromatic carbocycles. The molecule has 0 bridgehead atoms. The van der Waals surface area contributed by atoms with Crippen molar-refractivity contribution in [1.82, 2.24) is 9.55 Å². The third-order valence-electron chi connectivity index (χ3n) is 1.75. The second-order valence-corrected chi connectivity index (χ2v) is 3.22. The van der Waals surface area contributed by atoms with Crippen LogP contribution in [0.4, 0.5) is 0 Å². The lowest BCUT2D eigenvalue weighted by molar-refractivity contribution is 0.925. The van der Waals surface area contributed by atoms with E-state index in [1.54, 1.807) is 11.3 Å². The maximum Gasteiger partial charge on any atom is 0.123 e. The van der Waals surface area contributed by atoms with Crippen LogP contribution in [0.1, 0.15) is 5.69 Å². The SMILES string of the molecule is Cc1cc2ncsc2n1C. The second-order valence-electron chi connectivity index (χ2n) is 2.39. The Morgan fingerprint density at radius 1 is 1.60 bits per heavy atom. The normalized spacial score (nSPS) is 11.0. The molecule has 0 unspecified atom stereocenters. The Balaban J connectivity index is 2.95. The molecule has 10 heavy (non-hydrogen) atoms. The van der Waals surface area contributed by atoms with Gasteiger partial charge in [0.25, 0.3) is 0 Å². The van der Waals surface area contributed by atoms with Gasteiger partial charge in [0.2, 0.25) is 0 Å². The molecule has 2 aromatic rings. The molecule has 0 radical (unpaired) electrons. The predicted molar refractivity (Wildman–Crippen MR) is 43.3 cm³/mol. The quantitative estimate of drug-likeness (QED) is 0.564. The van der Waals surface area contributed by atoms with E-state index in [1.807, 2.05) is 5.51 Å². The fourth-order valence-corrected chi connectivity index (χ4v) is 1.85. The monoisotopic (exact) mass is 152 g/mol. The average Bonchev–Trinajstić information content (AvgIpc) is 2.41. The fraction of sp³-hybridized carbons (Fsp3) is 0.286. The zero-order valence-corrected chi connectivity index (χ0v) is 6.77. The summed E-state index contributed by atoms with van der Waals surface area (Å²) in [5.41, 5.74) is 4.27. The van der Waals surface area contributed by atoms with Crippen LogP contribution < -0.4 is 0 Å². The van der Waals surface area contributed by atoms with Gasteiger partial charge in [-0.2, -0.15) is 0 Å². The van der Waals surface area contributed by atoms with Crippen LogP contribution in [-0.2, 0) is 7.05 Å². The highest BCUT2D eigenvalue weighted by Gasteiger charge is 2.02. The van der Waals surface area contributed by atoms with Crippen LogP contribution in [0.5, 0.6) is 0 Å². The highest BCUT2D eigenvalue weighted by Crippen LogP contribution is 2.20. The predicted octanol–water partition coefficient (Wildman–Crippen LogP) is 1.94. The zero-order valence-electron chi connectivity index (χ0n) is 5.96. The topological polar surface area (TPSA) is 17.8 Å². The van der Waals surface area contributed by atoms with Crippen LogP contribution in [0.25, 0.3) is 10.3 Å². The van der Waals surface area contributed by atoms with Crippen molar-refractivity contribution >= 4 is 21.7 Å². The van der Waals surface area contributed by atoms with Crippen LogP contribution in [0.2, 0.25) is 0 Å². The molecule has 2 rings (SSSR count). The number of aryl methyl sites for hydroxylation is 2. The van der Waals surface area contributed by atoms with E-state index in [-0.39, 0.29) is 0 Å². The maximum absolute atomic E-state index is 4.20. The maximum atomic E-state index is 4.20. The largest absolute Gasteiger partial charge is 0.338 e. The average molecular weight is 152 g/mol. The van der Waals surface area contributed by atoms with Gasteiger partial charge in [-0.3, -0.25) is 0 Å². The standard InChI is InChI=1S/C7H8N2S/c1-5-3-6-7(9(5)2)10-4-8-6/h3-4H,1-2H3. The molecule has 0 saturated heterocycles. The molecule has 0 atom stereocenters. The van der Waals surface area contributed by atoms with Gasteiger partial charge >= 0.3 is 0 Å². The van der Waals surface area contributed by atoms with Gasteiger partial charge in [0, 0.05) is 12.7 Å². The minimum Gasteiger partial charge on any atom is -0.338 e. The van der Waals surface area contributed by atoms with E-state index in [1.165, 1.54) is 10.5 Å². The molecule has 2 aromatic heterocycles. The van der Waals surface area contributed by atoms with E-state index < -0.39 is 0 Å². The molecule has 2 nitrogen and oxygen atoms in total. The van der Waals surface area contributed by atoms with Gasteiger partial charge < -0.3 is 4.57 Å². The van der Waals surface area contributed by atoms with Crippen LogP contribution in [-0.4, -0.2) is 9.55 Å². The molecular formula is C7H8N2S. The third-order valence-corrected chi connectivity index (χ3v) is 2.67. The van der Waals surface area contributed by atoms with Crippen LogP contribution in [0, 0.1) is 6.92 Å². The van der Waals surface area contributed by atoms with E-state index in [2.05, 4.69) is 29.6 Å². The van der Waals surface area contributed by atoms with Crippen molar-refractivity contribution in [1.29, 1.82) is 0 Å². The lowest BCUT2D eigenvalue weighted by atomic mass is 10.5. The summed E-state index contributed by atoms with van der Waals surface area (Å²) in [6.07, 6.45) is 0. The fourth-order valence-electron chi connectivity index (χ4n) is 1.05. The number of fused-ring (bicyclic) bond motifs is 1. The third kappa shape index (κ3) is 0.609. The summed E-state index contributed by atoms with van der Waals surface area (Å²) in [7, 11) is 2.07. The van der Waals surface area contributed by atoms with Crippen molar-refractivity contribution < 1.29 is 0 Å². The molecule has 3 heteroatoms. The molecule has 0 aliphatic heterocycles. The number of aromatic nitrogens is 2. The highest BCUT2D eigenvalue weighted by atomic mass is 32.1. The van der Waals surface area contributed by atoms with Gasteiger partial charge in [-0.05, 0) is 13.0 Å². The molecule has 0 amide bonds. The number of hydrogen-bond donors (Lipinski definition) is 0. The number of hydrogen-bond acceptors (Lipinski definition) is 2. The minimum absolute atomic E-state index is 1.12. The summed E-state index contributed by atoms with van der Waals surface area (Å²) in [5.74, 6) is 0. The zero-order chi connectivity index (χ0) is 7.14. The summed E-state index contributed by atoms with van der Waals surface area (Å²) < 4.78 is 2.16. The van der Waals surface area contributed by atoms with Crippen molar-refractivity contribution in [2.24, 2.45) is 7.05 Å². The summed E-state index contributed by atoms with van der Waals surface area (Å²) in [6, 6.07) is 2.10. The summed E-state index contributed by atoms with van der Waals surface area (Å²) in [4.78, 5) is 5.46. The summed E-state index contributed by atoms with van der Waals surface area (Å²) in [6.45, 7) is 2.09. The first-order valence-electron chi connectivity index (χ1n) is 3.14. The summed E-state index contributed by atoms with van der Waals surface area (Å²) >= 11 is 1.69. The number of nitrogens with zero attached hydrogens (tertiary/aromatic N) is 2. The van der Waals surface area contributed by atoms with E-state index in [0.717, 1.165) is 5.52 Å². The summed E-state index contributed by atoms with van der Waals surface area (Å²) in [5, 5.41) is 0. The van der Waals surface area contributed by atoms with Crippen molar-refractivity contribution in [2.75, 3.05) is 0 Å². The highest BCUT2D eigenvalue weighted by molar-refractivity contribution is 7.16. The van der Waals surface area contributed by atoms with Gasteiger partial charge in [0.05, 0.1) is 11.0 Å². The first-order chi connectivity index (χ1) is 4.79. The van der Waals surface area contributed by atoms with Gasteiger partial charge in [0.15, 0.2) is 0 Å². The lowest BCUT2D eigenvalue weighted by Crippen LogP contribution is -1.86. The molecule has 52 valence electrons. The van der Waals surface area contributed by atoms with Gasteiger partial charge in [-0.1, -0.05) is 0 Å². The van der Waals surface area contributed by atoms with Gasteiger partial charge in [-0.15, -0.1) is 11.3 Å². The van der Waals surface area contributed by atoms with Crippen molar-refractivity contribution in [3.05, 3.63) is 17.3 Å². The molecule has 0 N–H and O–H groups in total. The molecule has 0 aliphatic rings. The smallest absolute Gasteiger partial charge is 0.123 e. The molecular weight excluding hydrogens is 144 g/mol. The Kier molecular flexibility index (Phi) is 1.08. The lowest BCUT2D eigenvalue weighted by Gasteiger charge is -1.92. The van der Waals surface area contributed by atoms with Gasteiger partial charge in [-0.25, -0.2) is 4.98 Å². The Labute approximate surface area is 63.1 Å². The van der Waals surface area contributed by atoms with E-state index in [0.29, 0.717) is 0 Å². The molecule has 0 aliphatic carbocycles. The molecule has 0 saturated carbocycles. The Bertz CT molecular complexity index is 358.